The van der Waals surface area contributed by atoms with E-state index in [2.05, 4.69) is 0 Å². The Labute approximate surface area is 93.3 Å². The van der Waals surface area contributed by atoms with Gasteiger partial charge in [0, 0.05) is 13.1 Å². The van der Waals surface area contributed by atoms with Crippen LogP contribution >= 0.6 is 0 Å². The summed E-state index contributed by atoms with van der Waals surface area (Å²) in [4.78, 5) is 12.0. The number of rotatable bonds is 2. The van der Waals surface area contributed by atoms with Crippen LogP contribution in [-0.4, -0.2) is 9.13 Å². The topological polar surface area (TPSA) is 79.0 Å². The number of nitrogen functional groups attached to an aromatic ring is 2. The van der Waals surface area contributed by atoms with E-state index in [1.165, 1.54) is 0 Å². The highest BCUT2D eigenvalue weighted by Crippen LogP contribution is 2.23. The second-order valence-electron chi connectivity index (χ2n) is 3.74. The number of aryl methyl sites for hydroxylation is 2. The monoisotopic (exact) mass is 220 g/mol. The Morgan fingerprint density at radius 3 is 1.69 bits per heavy atom. The fourth-order valence-electron chi connectivity index (χ4n) is 2.00. The van der Waals surface area contributed by atoms with Crippen LogP contribution in [0.4, 0.5) is 11.4 Å². The molecule has 5 nitrogen and oxygen atoms in total. The van der Waals surface area contributed by atoms with Gasteiger partial charge < -0.3 is 11.5 Å². The Morgan fingerprint density at radius 1 is 1.00 bits per heavy atom. The quantitative estimate of drug-likeness (QED) is 0.741. The first-order valence-electron chi connectivity index (χ1n) is 5.38. The van der Waals surface area contributed by atoms with Gasteiger partial charge in [0.05, 0.1) is 22.4 Å². The average molecular weight is 220 g/mol. The molecule has 0 bridgehead atoms. The Hall–Kier alpha value is -1.91. The van der Waals surface area contributed by atoms with Crippen LogP contribution in [-0.2, 0) is 13.1 Å². The summed E-state index contributed by atoms with van der Waals surface area (Å²) < 4.78 is 3.41. The molecule has 5 heteroatoms. The number of benzene rings is 1. The standard InChI is InChI=1S/C11H16N4O/c1-3-14-9-5-7(12)8(13)6-10(9)15(4-2)11(14)16/h5-6H,3-4,12-13H2,1-2H3. The van der Waals surface area contributed by atoms with Crippen LogP contribution in [0.25, 0.3) is 11.0 Å². The third-order valence-electron chi connectivity index (χ3n) is 2.86. The maximum Gasteiger partial charge on any atom is 0.329 e. The van der Waals surface area contributed by atoms with Crippen molar-refractivity contribution in [2.75, 3.05) is 11.5 Å². The molecule has 0 atom stereocenters. The molecule has 86 valence electrons. The normalized spacial score (nSPS) is 11.1. The van der Waals surface area contributed by atoms with E-state index in [9.17, 15) is 4.79 Å². The van der Waals surface area contributed by atoms with Gasteiger partial charge in [-0.1, -0.05) is 0 Å². The molecule has 0 aliphatic heterocycles. The van der Waals surface area contributed by atoms with Crippen LogP contribution in [0.3, 0.4) is 0 Å². The van der Waals surface area contributed by atoms with Gasteiger partial charge in [-0.15, -0.1) is 0 Å². The number of nitrogens with two attached hydrogens (primary N) is 2. The molecule has 1 heterocycles. The molecular formula is C11H16N4O. The van der Waals surface area contributed by atoms with Gasteiger partial charge >= 0.3 is 5.69 Å². The number of fused-ring (bicyclic) bond motifs is 1. The molecular weight excluding hydrogens is 204 g/mol. The van der Waals surface area contributed by atoms with E-state index in [1.807, 2.05) is 13.8 Å². The SMILES string of the molecule is CCn1c(=O)n(CC)c2cc(N)c(N)cc21. The lowest BCUT2D eigenvalue weighted by Crippen LogP contribution is -2.23. The molecule has 0 fully saturated rings. The van der Waals surface area contributed by atoms with Crippen molar-refractivity contribution in [3.05, 3.63) is 22.6 Å². The maximum absolute atomic E-state index is 12.0. The third-order valence-corrected chi connectivity index (χ3v) is 2.86. The lowest BCUT2D eigenvalue weighted by molar-refractivity contribution is 0.671. The lowest BCUT2D eigenvalue weighted by Gasteiger charge is -2.03. The molecule has 0 radical (unpaired) electrons. The minimum Gasteiger partial charge on any atom is -0.397 e. The molecule has 2 aromatic rings. The molecule has 2 rings (SSSR count). The predicted molar refractivity (Wildman–Crippen MR) is 66.4 cm³/mol. The fraction of sp³-hybridized carbons (Fsp3) is 0.364. The van der Waals surface area contributed by atoms with Crippen LogP contribution < -0.4 is 17.2 Å². The van der Waals surface area contributed by atoms with Crippen molar-refractivity contribution in [2.45, 2.75) is 26.9 Å². The van der Waals surface area contributed by atoms with E-state index in [-0.39, 0.29) is 5.69 Å². The number of anilines is 2. The highest BCUT2D eigenvalue weighted by Gasteiger charge is 2.12. The number of hydrogen-bond donors (Lipinski definition) is 2. The van der Waals surface area contributed by atoms with E-state index >= 15 is 0 Å². The van der Waals surface area contributed by atoms with Gasteiger partial charge in [-0.05, 0) is 26.0 Å². The summed E-state index contributed by atoms with van der Waals surface area (Å²) in [5, 5.41) is 0. The van der Waals surface area contributed by atoms with Crippen molar-refractivity contribution >= 4 is 22.4 Å². The van der Waals surface area contributed by atoms with Gasteiger partial charge in [0.2, 0.25) is 0 Å². The minimum absolute atomic E-state index is 0.00926. The van der Waals surface area contributed by atoms with Gasteiger partial charge in [-0.25, -0.2) is 4.79 Å². The zero-order valence-corrected chi connectivity index (χ0v) is 9.53. The third kappa shape index (κ3) is 1.28. The van der Waals surface area contributed by atoms with Crippen LogP contribution in [0, 0.1) is 0 Å². The summed E-state index contributed by atoms with van der Waals surface area (Å²) in [5.74, 6) is 0. The number of aromatic nitrogens is 2. The molecule has 0 amide bonds. The van der Waals surface area contributed by atoms with E-state index < -0.39 is 0 Å². The van der Waals surface area contributed by atoms with Crippen LogP contribution in [0.5, 0.6) is 0 Å². The molecule has 0 saturated heterocycles. The molecule has 1 aromatic heterocycles. The van der Waals surface area contributed by atoms with Crippen molar-refractivity contribution in [3.8, 4) is 0 Å². The predicted octanol–water partition coefficient (Wildman–Crippen LogP) is 1.01. The van der Waals surface area contributed by atoms with Gasteiger partial charge in [0.15, 0.2) is 0 Å². The van der Waals surface area contributed by atoms with Crippen molar-refractivity contribution in [1.29, 1.82) is 0 Å². The van der Waals surface area contributed by atoms with Crippen molar-refractivity contribution in [2.24, 2.45) is 0 Å². The van der Waals surface area contributed by atoms with Gasteiger partial charge in [0.1, 0.15) is 0 Å². The lowest BCUT2D eigenvalue weighted by atomic mass is 10.2. The smallest absolute Gasteiger partial charge is 0.329 e. The van der Waals surface area contributed by atoms with E-state index in [0.29, 0.717) is 24.5 Å². The van der Waals surface area contributed by atoms with Gasteiger partial charge in [-0.2, -0.15) is 0 Å². The van der Waals surface area contributed by atoms with Crippen molar-refractivity contribution < 1.29 is 0 Å². The highest BCUT2D eigenvalue weighted by atomic mass is 16.1. The fourth-order valence-corrected chi connectivity index (χ4v) is 2.00. The largest absolute Gasteiger partial charge is 0.397 e. The highest BCUT2D eigenvalue weighted by molar-refractivity contribution is 5.86. The molecule has 0 saturated carbocycles. The van der Waals surface area contributed by atoms with E-state index in [0.717, 1.165) is 11.0 Å². The molecule has 4 N–H and O–H groups in total. The average Bonchev–Trinajstić information content (AvgIpc) is 2.50. The summed E-state index contributed by atoms with van der Waals surface area (Å²) >= 11 is 0. The first-order chi connectivity index (χ1) is 7.60. The Kier molecular flexibility index (Phi) is 2.38. The second-order valence-corrected chi connectivity index (χ2v) is 3.74. The number of hydrogen-bond acceptors (Lipinski definition) is 3. The molecule has 0 aliphatic rings. The van der Waals surface area contributed by atoms with Crippen LogP contribution in [0.1, 0.15) is 13.8 Å². The van der Waals surface area contributed by atoms with Gasteiger partial charge in [-0.3, -0.25) is 9.13 Å². The zero-order chi connectivity index (χ0) is 11.9. The summed E-state index contributed by atoms with van der Waals surface area (Å²) in [5.41, 5.74) is 14.2. The summed E-state index contributed by atoms with van der Waals surface area (Å²) in [7, 11) is 0. The Morgan fingerprint density at radius 2 is 1.38 bits per heavy atom. The molecule has 16 heavy (non-hydrogen) atoms. The van der Waals surface area contributed by atoms with Crippen molar-refractivity contribution in [1.82, 2.24) is 9.13 Å². The first-order valence-corrected chi connectivity index (χ1v) is 5.38. The number of nitrogens with zero attached hydrogens (tertiary/aromatic N) is 2. The van der Waals surface area contributed by atoms with Crippen molar-refractivity contribution in [3.63, 3.8) is 0 Å². The van der Waals surface area contributed by atoms with Gasteiger partial charge in [0.25, 0.3) is 0 Å². The Balaban J connectivity index is 2.95. The molecule has 0 unspecified atom stereocenters. The molecule has 0 spiro atoms. The second kappa shape index (κ2) is 3.59. The van der Waals surface area contributed by atoms with Crippen LogP contribution in [0.2, 0.25) is 0 Å². The summed E-state index contributed by atoms with van der Waals surface area (Å²) in [6.07, 6.45) is 0. The first kappa shape index (κ1) is 10.6. The van der Waals surface area contributed by atoms with E-state index in [1.54, 1.807) is 21.3 Å². The zero-order valence-electron chi connectivity index (χ0n) is 9.53. The summed E-state index contributed by atoms with van der Waals surface area (Å²) in [6.45, 7) is 5.14. The summed E-state index contributed by atoms with van der Waals surface area (Å²) in [6, 6.07) is 3.53. The number of imidazole rings is 1. The maximum atomic E-state index is 12.0. The minimum atomic E-state index is -0.00926. The van der Waals surface area contributed by atoms with Crippen LogP contribution in [0.15, 0.2) is 16.9 Å². The molecule has 0 aliphatic carbocycles. The Bertz CT molecular complexity index is 544. The molecule has 1 aromatic carbocycles. The van der Waals surface area contributed by atoms with E-state index in [4.69, 9.17) is 11.5 Å².